The van der Waals surface area contributed by atoms with Crippen molar-refractivity contribution >= 4 is 35.6 Å². The number of aldehydes is 1. The Balaban J connectivity index is 1.93. The molecule has 1 saturated heterocycles. The molecule has 1 aliphatic heterocycles. The summed E-state index contributed by atoms with van der Waals surface area (Å²) in [6.07, 6.45) is 4.01. The standard InChI is InChI=1S/C17H20BN3O5S/c1-2-20-9-14(8-19-20)16-11-27(26)6-5-21(16)17(23)12-3-4-15(18(24)25)13(7-12)10-22/h3-4,7-10,16,24-25H,2,5-6,11H2,1H3. The van der Waals surface area contributed by atoms with Gasteiger partial charge >= 0.3 is 7.12 Å². The van der Waals surface area contributed by atoms with Crippen LogP contribution in [-0.2, 0) is 17.3 Å². The zero-order valence-electron chi connectivity index (χ0n) is 14.8. The average molecular weight is 389 g/mol. The summed E-state index contributed by atoms with van der Waals surface area (Å²) in [7, 11) is -2.82. The van der Waals surface area contributed by atoms with Crippen molar-refractivity contribution in [2.24, 2.45) is 0 Å². The number of carbonyl (C=O) groups excluding carboxylic acids is 2. The van der Waals surface area contributed by atoms with Crippen LogP contribution in [0.1, 0.15) is 39.2 Å². The highest BCUT2D eigenvalue weighted by Crippen LogP contribution is 2.27. The number of benzene rings is 1. The summed E-state index contributed by atoms with van der Waals surface area (Å²) in [5.41, 5.74) is 1.17. The summed E-state index contributed by atoms with van der Waals surface area (Å²) >= 11 is 0. The first-order valence-electron chi connectivity index (χ1n) is 8.58. The number of hydrogen-bond donors (Lipinski definition) is 2. The zero-order chi connectivity index (χ0) is 19.6. The first kappa shape index (κ1) is 19.5. The highest BCUT2D eigenvalue weighted by molar-refractivity contribution is 7.85. The molecule has 27 heavy (non-hydrogen) atoms. The van der Waals surface area contributed by atoms with Crippen molar-refractivity contribution in [1.29, 1.82) is 0 Å². The van der Waals surface area contributed by atoms with Gasteiger partial charge in [0.1, 0.15) is 6.29 Å². The third-order valence-corrected chi connectivity index (χ3v) is 5.97. The Morgan fingerprint density at radius 3 is 2.85 bits per heavy atom. The number of aryl methyl sites for hydroxylation is 1. The van der Waals surface area contributed by atoms with E-state index in [1.54, 1.807) is 15.8 Å². The molecular weight excluding hydrogens is 369 g/mol. The quantitative estimate of drug-likeness (QED) is 0.519. The lowest BCUT2D eigenvalue weighted by Crippen LogP contribution is -2.44. The van der Waals surface area contributed by atoms with E-state index in [-0.39, 0.29) is 28.5 Å². The fourth-order valence-corrected chi connectivity index (χ4v) is 4.45. The number of nitrogens with zero attached hydrogens (tertiary/aromatic N) is 3. The Morgan fingerprint density at radius 1 is 1.44 bits per heavy atom. The van der Waals surface area contributed by atoms with Crippen LogP contribution >= 0.6 is 0 Å². The van der Waals surface area contributed by atoms with E-state index in [2.05, 4.69) is 5.10 Å². The fraction of sp³-hybridized carbons (Fsp3) is 0.353. The fourth-order valence-electron chi connectivity index (χ4n) is 3.16. The van der Waals surface area contributed by atoms with Gasteiger partial charge in [-0.3, -0.25) is 18.5 Å². The molecule has 1 fully saturated rings. The number of rotatable bonds is 5. The lowest BCUT2D eigenvalue weighted by atomic mass is 9.76. The lowest BCUT2D eigenvalue weighted by molar-refractivity contribution is 0.0699. The molecule has 2 atom stereocenters. The first-order chi connectivity index (χ1) is 12.9. The van der Waals surface area contributed by atoms with Crippen molar-refractivity contribution in [3.63, 3.8) is 0 Å². The van der Waals surface area contributed by atoms with Crippen molar-refractivity contribution in [3.8, 4) is 0 Å². The van der Waals surface area contributed by atoms with Crippen LogP contribution in [0.15, 0.2) is 30.6 Å². The van der Waals surface area contributed by atoms with Crippen molar-refractivity contribution < 1.29 is 23.8 Å². The Labute approximate surface area is 159 Å². The second-order valence-electron chi connectivity index (χ2n) is 6.29. The molecule has 0 aliphatic carbocycles. The topological polar surface area (TPSA) is 113 Å². The maximum atomic E-state index is 13.1. The Morgan fingerprint density at radius 2 is 2.22 bits per heavy atom. The molecule has 142 valence electrons. The molecule has 1 aromatic carbocycles. The molecule has 0 spiro atoms. The maximum absolute atomic E-state index is 13.1. The number of hydrogen-bond acceptors (Lipinski definition) is 6. The first-order valence-corrected chi connectivity index (χ1v) is 10.1. The predicted octanol–water partition coefficient (Wildman–Crippen LogP) is -0.659. The van der Waals surface area contributed by atoms with Gasteiger partial charge in [0.25, 0.3) is 5.91 Å². The van der Waals surface area contributed by atoms with Gasteiger partial charge in [0.05, 0.1) is 12.2 Å². The summed E-state index contributed by atoms with van der Waals surface area (Å²) in [6, 6.07) is 3.80. The van der Waals surface area contributed by atoms with E-state index in [4.69, 9.17) is 0 Å². The molecule has 1 aliphatic rings. The van der Waals surface area contributed by atoms with Crippen LogP contribution in [0.3, 0.4) is 0 Å². The molecule has 2 unspecified atom stereocenters. The lowest BCUT2D eigenvalue weighted by Gasteiger charge is -2.35. The maximum Gasteiger partial charge on any atom is 0.489 e. The van der Waals surface area contributed by atoms with Crippen LogP contribution in [0, 0.1) is 0 Å². The number of aromatic nitrogens is 2. The third-order valence-electron chi connectivity index (χ3n) is 4.64. The molecule has 0 radical (unpaired) electrons. The van der Waals surface area contributed by atoms with Crippen LogP contribution in [0.25, 0.3) is 0 Å². The van der Waals surface area contributed by atoms with Crippen LogP contribution < -0.4 is 5.46 Å². The van der Waals surface area contributed by atoms with Crippen LogP contribution in [0.4, 0.5) is 0 Å². The number of carbonyl (C=O) groups is 2. The Bertz CT molecular complexity index is 885. The highest BCUT2D eigenvalue weighted by atomic mass is 32.2. The Hall–Kier alpha value is -2.30. The van der Waals surface area contributed by atoms with Gasteiger partial charge in [-0.1, -0.05) is 6.07 Å². The van der Waals surface area contributed by atoms with Gasteiger partial charge in [-0.05, 0) is 24.5 Å². The molecule has 1 amide bonds. The predicted molar refractivity (Wildman–Crippen MR) is 101 cm³/mol. The molecule has 1 aromatic heterocycles. The summed E-state index contributed by atoms with van der Waals surface area (Å²) in [4.78, 5) is 26.0. The average Bonchev–Trinajstić information content (AvgIpc) is 3.16. The number of amides is 1. The van der Waals surface area contributed by atoms with E-state index in [1.807, 2.05) is 13.1 Å². The minimum absolute atomic E-state index is 0.0436. The second-order valence-corrected chi connectivity index (χ2v) is 7.91. The normalized spacial score (nSPS) is 19.7. The molecule has 10 heteroatoms. The van der Waals surface area contributed by atoms with Gasteiger partial charge in [-0.15, -0.1) is 0 Å². The second kappa shape index (κ2) is 8.16. The molecule has 2 aromatic rings. The third kappa shape index (κ3) is 4.02. The molecule has 3 rings (SSSR count). The summed E-state index contributed by atoms with van der Waals surface area (Å²) < 4.78 is 13.8. The van der Waals surface area contributed by atoms with Crippen molar-refractivity contribution in [1.82, 2.24) is 14.7 Å². The van der Waals surface area contributed by atoms with Gasteiger partial charge in [-0.25, -0.2) is 0 Å². The minimum atomic E-state index is -1.79. The summed E-state index contributed by atoms with van der Waals surface area (Å²) in [5, 5.41) is 22.9. The van der Waals surface area contributed by atoms with Crippen molar-refractivity contribution in [2.75, 3.05) is 18.1 Å². The SMILES string of the molecule is CCn1cc(C2CS(=O)CCN2C(=O)c2ccc(B(O)O)c(C=O)c2)cn1. The van der Waals surface area contributed by atoms with Crippen LogP contribution in [0.2, 0.25) is 0 Å². The van der Waals surface area contributed by atoms with Crippen LogP contribution in [0.5, 0.6) is 0 Å². The molecule has 8 nitrogen and oxygen atoms in total. The molecular formula is C17H20BN3O5S. The monoisotopic (exact) mass is 389 g/mol. The van der Waals surface area contributed by atoms with Crippen molar-refractivity contribution in [3.05, 3.63) is 47.3 Å². The van der Waals surface area contributed by atoms with E-state index in [1.165, 1.54) is 18.2 Å². The van der Waals surface area contributed by atoms with Gasteiger partial charge in [0.2, 0.25) is 0 Å². The Kier molecular flexibility index (Phi) is 5.88. The largest absolute Gasteiger partial charge is 0.489 e. The van der Waals surface area contributed by atoms with Crippen molar-refractivity contribution in [2.45, 2.75) is 19.5 Å². The smallest absolute Gasteiger partial charge is 0.423 e. The van der Waals surface area contributed by atoms with Gasteiger partial charge in [-0.2, -0.15) is 5.10 Å². The van der Waals surface area contributed by atoms with E-state index in [0.29, 0.717) is 30.9 Å². The van der Waals surface area contributed by atoms with E-state index >= 15 is 0 Å². The molecule has 2 N–H and O–H groups in total. The molecule has 2 heterocycles. The zero-order valence-corrected chi connectivity index (χ0v) is 15.6. The van der Waals surface area contributed by atoms with E-state index in [0.717, 1.165) is 5.56 Å². The molecule has 0 saturated carbocycles. The van der Waals surface area contributed by atoms with Gasteiger partial charge in [0, 0.05) is 58.3 Å². The van der Waals surface area contributed by atoms with E-state index in [9.17, 15) is 23.8 Å². The van der Waals surface area contributed by atoms with Crippen LogP contribution in [-0.4, -0.2) is 66.3 Å². The van der Waals surface area contributed by atoms with E-state index < -0.39 is 17.9 Å². The van der Waals surface area contributed by atoms with Gasteiger partial charge in [0.15, 0.2) is 0 Å². The summed E-state index contributed by atoms with van der Waals surface area (Å²) in [6.45, 7) is 2.97. The van der Waals surface area contributed by atoms with Gasteiger partial charge < -0.3 is 14.9 Å². The highest BCUT2D eigenvalue weighted by Gasteiger charge is 2.33. The minimum Gasteiger partial charge on any atom is -0.423 e. The summed E-state index contributed by atoms with van der Waals surface area (Å²) in [5.74, 6) is 0.413. The molecule has 0 bridgehead atoms.